The number of hydrogen-bond acceptors (Lipinski definition) is 2. The van der Waals surface area contributed by atoms with Gasteiger partial charge in [0.2, 0.25) is 0 Å². The summed E-state index contributed by atoms with van der Waals surface area (Å²) in [5.74, 6) is 1.23. The molecule has 3 rings (SSSR count). The summed E-state index contributed by atoms with van der Waals surface area (Å²) in [5, 5.41) is 1.34. The quantitative estimate of drug-likeness (QED) is 0.521. The standard InChI is InChI=1S/C18H24INO.BrH/c1-3-9-20(10-4-2)14-6-8-18-16(12-14)15-11-13(19)5-7-17(15)21-18;/h5,7,11,14H,3-4,6,8-10,12H2,1-2H3;1H. The van der Waals surface area contributed by atoms with E-state index in [0.29, 0.717) is 6.04 Å². The van der Waals surface area contributed by atoms with E-state index in [-0.39, 0.29) is 17.0 Å². The van der Waals surface area contributed by atoms with Crippen LogP contribution in [0, 0.1) is 3.57 Å². The molecule has 1 aliphatic rings. The molecule has 0 radical (unpaired) electrons. The molecule has 0 saturated carbocycles. The first-order valence-corrected chi connectivity index (χ1v) is 9.24. The third-order valence-corrected chi connectivity index (χ3v) is 5.19. The Morgan fingerprint density at radius 2 is 1.95 bits per heavy atom. The second-order valence-electron chi connectivity index (χ2n) is 6.08. The molecule has 122 valence electrons. The summed E-state index contributed by atoms with van der Waals surface area (Å²) in [6, 6.07) is 7.23. The molecule has 1 aliphatic carbocycles. The Morgan fingerprint density at radius 1 is 1.23 bits per heavy atom. The van der Waals surface area contributed by atoms with Crippen molar-refractivity contribution in [2.45, 2.75) is 52.0 Å². The molecule has 4 heteroatoms. The van der Waals surface area contributed by atoms with Gasteiger partial charge in [-0.25, -0.2) is 0 Å². The van der Waals surface area contributed by atoms with Crippen molar-refractivity contribution in [2.75, 3.05) is 13.1 Å². The lowest BCUT2D eigenvalue weighted by atomic mass is 9.90. The molecule has 22 heavy (non-hydrogen) atoms. The molecule has 0 spiro atoms. The van der Waals surface area contributed by atoms with E-state index in [4.69, 9.17) is 4.42 Å². The summed E-state index contributed by atoms with van der Waals surface area (Å²) in [6.07, 6.45) is 5.97. The molecule has 1 heterocycles. The number of halogens is 2. The summed E-state index contributed by atoms with van der Waals surface area (Å²) < 4.78 is 7.37. The number of rotatable bonds is 5. The summed E-state index contributed by atoms with van der Waals surface area (Å²) in [7, 11) is 0. The number of aryl methyl sites for hydroxylation is 1. The van der Waals surface area contributed by atoms with Gasteiger partial charge in [0, 0.05) is 27.0 Å². The number of nitrogens with zero attached hydrogens (tertiary/aromatic N) is 1. The maximum Gasteiger partial charge on any atom is 0.134 e. The molecular weight excluding hydrogens is 453 g/mol. The third kappa shape index (κ3) is 3.70. The van der Waals surface area contributed by atoms with Crippen molar-refractivity contribution < 1.29 is 4.42 Å². The fourth-order valence-corrected chi connectivity index (χ4v) is 4.09. The van der Waals surface area contributed by atoms with Gasteiger partial charge in [-0.3, -0.25) is 0 Å². The third-order valence-electron chi connectivity index (χ3n) is 4.52. The van der Waals surface area contributed by atoms with Gasteiger partial charge < -0.3 is 9.32 Å². The van der Waals surface area contributed by atoms with Gasteiger partial charge in [-0.2, -0.15) is 0 Å². The number of hydrogen-bond donors (Lipinski definition) is 0. The minimum atomic E-state index is 0. The molecule has 1 aromatic carbocycles. The Kier molecular flexibility index (Phi) is 6.77. The first kappa shape index (κ1) is 18.3. The molecule has 1 atom stereocenters. The van der Waals surface area contributed by atoms with Crippen molar-refractivity contribution in [3.8, 4) is 0 Å². The van der Waals surface area contributed by atoms with Gasteiger partial charge in [0.15, 0.2) is 0 Å². The Morgan fingerprint density at radius 3 is 2.64 bits per heavy atom. The van der Waals surface area contributed by atoms with E-state index in [9.17, 15) is 0 Å². The maximum atomic E-state index is 6.07. The second-order valence-corrected chi connectivity index (χ2v) is 7.32. The van der Waals surface area contributed by atoms with E-state index < -0.39 is 0 Å². The summed E-state index contributed by atoms with van der Waals surface area (Å²) in [6.45, 7) is 7.02. The van der Waals surface area contributed by atoms with Crippen LogP contribution in [0.15, 0.2) is 22.6 Å². The summed E-state index contributed by atoms with van der Waals surface area (Å²) in [5.41, 5.74) is 2.54. The minimum Gasteiger partial charge on any atom is -0.461 e. The van der Waals surface area contributed by atoms with Crippen LogP contribution in [0.3, 0.4) is 0 Å². The van der Waals surface area contributed by atoms with Gasteiger partial charge >= 0.3 is 0 Å². The van der Waals surface area contributed by atoms with Crippen molar-refractivity contribution in [2.24, 2.45) is 0 Å². The highest BCUT2D eigenvalue weighted by Crippen LogP contribution is 2.34. The monoisotopic (exact) mass is 477 g/mol. The molecular formula is C18H25BrINO. The van der Waals surface area contributed by atoms with Crippen LogP contribution in [-0.4, -0.2) is 24.0 Å². The number of furan rings is 1. The molecule has 2 aromatic rings. The number of benzene rings is 1. The van der Waals surface area contributed by atoms with Crippen LogP contribution in [0.25, 0.3) is 11.0 Å². The summed E-state index contributed by atoms with van der Waals surface area (Å²) in [4.78, 5) is 2.69. The molecule has 1 aromatic heterocycles. The second kappa shape index (κ2) is 8.15. The van der Waals surface area contributed by atoms with Crippen LogP contribution in [-0.2, 0) is 12.8 Å². The predicted molar refractivity (Wildman–Crippen MR) is 107 cm³/mol. The molecule has 0 N–H and O–H groups in total. The van der Waals surface area contributed by atoms with Gasteiger partial charge in [-0.05, 0) is 79.6 Å². The molecule has 0 saturated heterocycles. The SMILES string of the molecule is Br.CCCN(CCC)C1CCc2oc3ccc(I)cc3c2C1. The molecule has 0 bridgehead atoms. The highest BCUT2D eigenvalue weighted by atomic mass is 127. The fourth-order valence-electron chi connectivity index (χ4n) is 3.60. The van der Waals surface area contributed by atoms with Crippen LogP contribution in [0.4, 0.5) is 0 Å². The van der Waals surface area contributed by atoms with Crippen molar-refractivity contribution in [1.29, 1.82) is 0 Å². The molecule has 0 amide bonds. The highest BCUT2D eigenvalue weighted by Gasteiger charge is 2.27. The normalized spacial score (nSPS) is 17.5. The van der Waals surface area contributed by atoms with E-state index in [0.717, 1.165) is 18.4 Å². The average molecular weight is 478 g/mol. The van der Waals surface area contributed by atoms with Crippen LogP contribution in [0.1, 0.15) is 44.4 Å². The molecule has 1 unspecified atom stereocenters. The van der Waals surface area contributed by atoms with Crippen molar-refractivity contribution in [3.63, 3.8) is 0 Å². The first-order chi connectivity index (χ1) is 10.2. The van der Waals surface area contributed by atoms with Crippen LogP contribution in [0.5, 0.6) is 0 Å². The Hall–Kier alpha value is -0.0700. The van der Waals surface area contributed by atoms with E-state index >= 15 is 0 Å². The van der Waals surface area contributed by atoms with E-state index in [2.05, 4.69) is 59.5 Å². The Labute approximate surface area is 157 Å². The lowest BCUT2D eigenvalue weighted by molar-refractivity contribution is 0.177. The van der Waals surface area contributed by atoms with Crippen molar-refractivity contribution >= 4 is 50.5 Å². The highest BCUT2D eigenvalue weighted by molar-refractivity contribution is 14.1. The fraction of sp³-hybridized carbons (Fsp3) is 0.556. The number of fused-ring (bicyclic) bond motifs is 3. The van der Waals surface area contributed by atoms with Gasteiger partial charge in [-0.1, -0.05) is 13.8 Å². The smallest absolute Gasteiger partial charge is 0.134 e. The Bertz CT molecular complexity index is 619. The van der Waals surface area contributed by atoms with Crippen molar-refractivity contribution in [3.05, 3.63) is 33.1 Å². The maximum absolute atomic E-state index is 6.07. The zero-order chi connectivity index (χ0) is 14.8. The summed E-state index contributed by atoms with van der Waals surface area (Å²) >= 11 is 2.39. The topological polar surface area (TPSA) is 16.4 Å². The van der Waals surface area contributed by atoms with Crippen LogP contribution >= 0.6 is 39.6 Å². The zero-order valence-electron chi connectivity index (χ0n) is 13.4. The first-order valence-electron chi connectivity index (χ1n) is 8.16. The van der Waals surface area contributed by atoms with E-state index in [1.165, 1.54) is 52.6 Å². The van der Waals surface area contributed by atoms with Gasteiger partial charge in [0.1, 0.15) is 11.3 Å². The molecule has 2 nitrogen and oxygen atoms in total. The lowest BCUT2D eigenvalue weighted by Gasteiger charge is -2.33. The Balaban J connectivity index is 0.00000176. The van der Waals surface area contributed by atoms with Gasteiger partial charge in [0.25, 0.3) is 0 Å². The predicted octanol–water partition coefficient (Wildman–Crippen LogP) is 5.59. The van der Waals surface area contributed by atoms with Gasteiger partial charge in [-0.15, -0.1) is 17.0 Å². The van der Waals surface area contributed by atoms with E-state index in [1.54, 1.807) is 0 Å². The molecule has 0 aliphatic heterocycles. The largest absolute Gasteiger partial charge is 0.461 e. The van der Waals surface area contributed by atoms with E-state index in [1.807, 2.05) is 0 Å². The van der Waals surface area contributed by atoms with Crippen LogP contribution < -0.4 is 0 Å². The zero-order valence-corrected chi connectivity index (χ0v) is 17.3. The molecule has 0 fully saturated rings. The van der Waals surface area contributed by atoms with Crippen molar-refractivity contribution in [1.82, 2.24) is 4.90 Å². The average Bonchev–Trinajstić information content (AvgIpc) is 2.84. The lowest BCUT2D eigenvalue weighted by Crippen LogP contribution is -2.40. The minimum absolute atomic E-state index is 0. The van der Waals surface area contributed by atoms with Crippen LogP contribution in [0.2, 0.25) is 0 Å². The van der Waals surface area contributed by atoms with Gasteiger partial charge in [0.05, 0.1) is 0 Å².